The van der Waals surface area contributed by atoms with Crippen LogP contribution in [0.2, 0.25) is 0 Å². The number of hydrogen-bond acceptors (Lipinski definition) is 6. The zero-order valence-electron chi connectivity index (χ0n) is 13.8. The monoisotopic (exact) mass is 343 g/mol. The second-order valence-corrected chi connectivity index (χ2v) is 6.36. The number of ether oxygens (including phenoxy) is 3. The smallest absolute Gasteiger partial charge is 0.302 e. The van der Waals surface area contributed by atoms with Crippen molar-refractivity contribution in [3.05, 3.63) is 36.4 Å². The zero-order valence-corrected chi connectivity index (χ0v) is 13.8. The Balaban J connectivity index is 1.72. The van der Waals surface area contributed by atoms with Crippen LogP contribution in [0.25, 0.3) is 0 Å². The quantitative estimate of drug-likeness (QED) is 0.462. The molecule has 2 amide bonds. The highest BCUT2D eigenvalue weighted by Gasteiger charge is 2.68. The molecule has 0 saturated carbocycles. The molecular formula is C18H17NO6. The van der Waals surface area contributed by atoms with Gasteiger partial charge in [0.1, 0.15) is 18.0 Å². The predicted molar refractivity (Wildman–Crippen MR) is 85.8 cm³/mol. The number of methoxy groups -OCH3 is 1. The average molecular weight is 343 g/mol. The molecule has 0 aliphatic carbocycles. The number of carbonyl (C=O) groups is 3. The summed E-state index contributed by atoms with van der Waals surface area (Å²) in [5.41, 5.74) is -0.665. The van der Waals surface area contributed by atoms with E-state index >= 15 is 0 Å². The molecule has 3 aliphatic heterocycles. The standard InChI is InChI=1S/C18H17NO6/c1-10(20)24-9-18-8-7-13(25-18)14-15(18)17(22)19(16(14)21)11-5-3-4-6-12(11)23-2/h3-8,13-15H,9H2,1-2H3/t13-,14+,15-,18+/m1/s1. The number of imide groups is 1. The van der Waals surface area contributed by atoms with Crippen molar-refractivity contribution in [1.29, 1.82) is 0 Å². The lowest BCUT2D eigenvalue weighted by Gasteiger charge is -2.28. The van der Waals surface area contributed by atoms with Crippen LogP contribution in [0.15, 0.2) is 36.4 Å². The third-order valence-electron chi connectivity index (χ3n) is 4.98. The van der Waals surface area contributed by atoms with E-state index in [2.05, 4.69) is 0 Å². The first-order chi connectivity index (χ1) is 12.0. The maximum atomic E-state index is 13.1. The van der Waals surface area contributed by atoms with Crippen LogP contribution in [0.5, 0.6) is 5.75 Å². The fraction of sp³-hybridized carbons (Fsp3) is 0.389. The second kappa shape index (κ2) is 5.42. The topological polar surface area (TPSA) is 82.1 Å². The van der Waals surface area contributed by atoms with Gasteiger partial charge in [-0.05, 0) is 18.2 Å². The van der Waals surface area contributed by atoms with Crippen molar-refractivity contribution < 1.29 is 28.6 Å². The number of para-hydroxylation sites is 2. The Labute approximate surface area is 144 Å². The first-order valence-corrected chi connectivity index (χ1v) is 8.00. The van der Waals surface area contributed by atoms with Gasteiger partial charge >= 0.3 is 5.97 Å². The van der Waals surface area contributed by atoms with Crippen molar-refractivity contribution in [3.8, 4) is 5.75 Å². The number of rotatable bonds is 4. The molecule has 1 aromatic rings. The minimum atomic E-state index is -1.08. The summed E-state index contributed by atoms with van der Waals surface area (Å²) in [4.78, 5) is 38.4. The minimum absolute atomic E-state index is 0.0880. The Morgan fingerprint density at radius 2 is 2.04 bits per heavy atom. The van der Waals surface area contributed by atoms with E-state index in [1.54, 1.807) is 36.4 Å². The molecule has 3 heterocycles. The van der Waals surface area contributed by atoms with Crippen molar-refractivity contribution >= 4 is 23.5 Å². The molecule has 2 saturated heterocycles. The van der Waals surface area contributed by atoms with E-state index in [1.807, 2.05) is 0 Å². The van der Waals surface area contributed by atoms with Crippen molar-refractivity contribution in [2.45, 2.75) is 18.6 Å². The molecule has 2 bridgehead atoms. The lowest BCUT2D eigenvalue weighted by atomic mass is 9.77. The number of hydrogen-bond donors (Lipinski definition) is 0. The van der Waals surface area contributed by atoms with Gasteiger partial charge in [0.05, 0.1) is 30.7 Å². The summed E-state index contributed by atoms with van der Waals surface area (Å²) in [7, 11) is 1.49. The van der Waals surface area contributed by atoms with Gasteiger partial charge in [-0.25, -0.2) is 4.90 Å². The van der Waals surface area contributed by atoms with Crippen LogP contribution in [0.4, 0.5) is 5.69 Å². The Morgan fingerprint density at radius 3 is 2.76 bits per heavy atom. The SMILES string of the molecule is COc1ccccc1N1C(=O)[C@H]2[C@H]3C=C[C@@](COC(C)=O)(O3)[C@H]2C1=O. The highest BCUT2D eigenvalue weighted by Crippen LogP contribution is 2.53. The number of nitrogens with zero attached hydrogens (tertiary/aromatic N) is 1. The van der Waals surface area contributed by atoms with Crippen LogP contribution < -0.4 is 9.64 Å². The number of amides is 2. The summed E-state index contributed by atoms with van der Waals surface area (Å²) in [5.74, 6) is -2.02. The molecule has 3 aliphatic rings. The lowest BCUT2D eigenvalue weighted by molar-refractivity contribution is -0.150. The normalized spacial score (nSPS) is 32.2. The van der Waals surface area contributed by atoms with Gasteiger partial charge in [-0.15, -0.1) is 0 Å². The Hall–Kier alpha value is -2.67. The van der Waals surface area contributed by atoms with E-state index in [-0.39, 0.29) is 18.4 Å². The highest BCUT2D eigenvalue weighted by molar-refractivity contribution is 6.24. The molecule has 0 aromatic heterocycles. The van der Waals surface area contributed by atoms with Crippen LogP contribution in [-0.2, 0) is 23.9 Å². The fourth-order valence-electron chi connectivity index (χ4n) is 3.93. The van der Waals surface area contributed by atoms with Gasteiger partial charge in [-0.1, -0.05) is 18.2 Å². The molecule has 2 fully saturated rings. The van der Waals surface area contributed by atoms with E-state index < -0.39 is 29.5 Å². The number of carbonyl (C=O) groups excluding carboxylic acids is 3. The lowest BCUT2D eigenvalue weighted by Crippen LogP contribution is -2.44. The van der Waals surface area contributed by atoms with Gasteiger partial charge in [0.2, 0.25) is 11.8 Å². The molecule has 130 valence electrons. The van der Waals surface area contributed by atoms with Gasteiger partial charge < -0.3 is 14.2 Å². The first-order valence-electron chi connectivity index (χ1n) is 8.00. The van der Waals surface area contributed by atoms with Gasteiger partial charge in [-0.3, -0.25) is 14.4 Å². The van der Waals surface area contributed by atoms with E-state index in [9.17, 15) is 14.4 Å². The summed E-state index contributed by atoms with van der Waals surface area (Å²) in [6.45, 7) is 1.21. The molecule has 4 rings (SSSR count). The minimum Gasteiger partial charge on any atom is -0.495 e. The molecule has 0 N–H and O–H groups in total. The van der Waals surface area contributed by atoms with E-state index in [1.165, 1.54) is 18.9 Å². The third-order valence-corrected chi connectivity index (χ3v) is 4.98. The number of benzene rings is 1. The summed E-state index contributed by atoms with van der Waals surface area (Å²) in [6, 6.07) is 6.88. The Kier molecular flexibility index (Phi) is 3.43. The van der Waals surface area contributed by atoms with Gasteiger partial charge in [0, 0.05) is 6.92 Å². The van der Waals surface area contributed by atoms with Crippen LogP contribution in [0, 0.1) is 11.8 Å². The molecule has 7 heteroatoms. The van der Waals surface area contributed by atoms with Crippen LogP contribution in [-0.4, -0.2) is 43.2 Å². The molecule has 0 radical (unpaired) electrons. The summed E-state index contributed by atoms with van der Waals surface area (Å²) >= 11 is 0. The van der Waals surface area contributed by atoms with Crippen molar-refractivity contribution in [2.75, 3.05) is 18.6 Å². The molecule has 0 unspecified atom stereocenters. The van der Waals surface area contributed by atoms with Crippen LogP contribution >= 0.6 is 0 Å². The van der Waals surface area contributed by atoms with E-state index in [4.69, 9.17) is 14.2 Å². The fourth-order valence-corrected chi connectivity index (χ4v) is 3.93. The summed E-state index contributed by atoms with van der Waals surface area (Å²) < 4.78 is 16.3. The predicted octanol–water partition coefficient (Wildman–Crippen LogP) is 1.07. The van der Waals surface area contributed by atoms with Gasteiger partial charge in [-0.2, -0.15) is 0 Å². The first kappa shape index (κ1) is 15.8. The molecule has 4 atom stereocenters. The highest BCUT2D eigenvalue weighted by atomic mass is 16.6. The van der Waals surface area contributed by atoms with E-state index in [0.29, 0.717) is 11.4 Å². The molecular weight excluding hydrogens is 326 g/mol. The summed E-state index contributed by atoms with van der Waals surface area (Å²) in [6.07, 6.45) is 3.01. The molecule has 0 spiro atoms. The third kappa shape index (κ3) is 2.12. The number of esters is 1. The van der Waals surface area contributed by atoms with Gasteiger partial charge in [0.25, 0.3) is 0 Å². The van der Waals surface area contributed by atoms with Crippen molar-refractivity contribution in [3.63, 3.8) is 0 Å². The van der Waals surface area contributed by atoms with E-state index in [0.717, 1.165) is 0 Å². The second-order valence-electron chi connectivity index (χ2n) is 6.36. The molecule has 1 aromatic carbocycles. The average Bonchev–Trinajstić information content (AvgIpc) is 3.24. The van der Waals surface area contributed by atoms with Crippen LogP contribution in [0.3, 0.4) is 0 Å². The Bertz CT molecular complexity index is 803. The van der Waals surface area contributed by atoms with Crippen LogP contribution in [0.1, 0.15) is 6.92 Å². The zero-order chi connectivity index (χ0) is 17.8. The van der Waals surface area contributed by atoms with Crippen molar-refractivity contribution in [1.82, 2.24) is 0 Å². The molecule has 7 nitrogen and oxygen atoms in total. The largest absolute Gasteiger partial charge is 0.495 e. The maximum Gasteiger partial charge on any atom is 0.302 e. The van der Waals surface area contributed by atoms with Crippen molar-refractivity contribution in [2.24, 2.45) is 11.8 Å². The van der Waals surface area contributed by atoms with Gasteiger partial charge in [0.15, 0.2) is 0 Å². The Morgan fingerprint density at radius 1 is 1.28 bits per heavy atom. The number of fused-ring (bicyclic) bond motifs is 5. The summed E-state index contributed by atoms with van der Waals surface area (Å²) in [5, 5.41) is 0. The maximum absolute atomic E-state index is 13.1. The number of anilines is 1. The molecule has 25 heavy (non-hydrogen) atoms.